The molecule has 0 aliphatic carbocycles. The fraction of sp³-hybridized carbons (Fsp3) is 0.235. The van der Waals surface area contributed by atoms with E-state index >= 15 is 0 Å². The summed E-state index contributed by atoms with van der Waals surface area (Å²) in [4.78, 5) is 12.0. The lowest BCUT2D eigenvalue weighted by Gasteiger charge is -2.13. The number of hydrogen-bond donors (Lipinski definition) is 1. The van der Waals surface area contributed by atoms with Gasteiger partial charge in [0.15, 0.2) is 16.4 Å². The molecule has 0 bridgehead atoms. The summed E-state index contributed by atoms with van der Waals surface area (Å²) in [6.45, 7) is 0.892. The normalized spacial score (nSPS) is 11.8. The first-order valence-corrected chi connectivity index (χ1v) is 9.20. The highest BCUT2D eigenvalue weighted by atomic mass is 32.2. The second-order valence-corrected chi connectivity index (χ2v) is 7.54. The van der Waals surface area contributed by atoms with Gasteiger partial charge in [-0.3, -0.25) is 4.79 Å². The number of ether oxygens (including phenoxy) is 1. The zero-order chi connectivity index (χ0) is 19.4. The smallest absolute Gasteiger partial charge is 0.419 e. The van der Waals surface area contributed by atoms with Gasteiger partial charge in [0.1, 0.15) is 5.75 Å². The van der Waals surface area contributed by atoms with E-state index in [1.54, 1.807) is 0 Å². The van der Waals surface area contributed by atoms with Gasteiger partial charge in [0.05, 0.1) is 16.2 Å². The highest BCUT2D eigenvalue weighted by molar-refractivity contribution is 7.91. The number of alkyl halides is 3. The molecule has 0 spiro atoms. The van der Waals surface area contributed by atoms with Crippen molar-refractivity contribution in [1.82, 2.24) is 0 Å². The molecule has 1 amide bonds. The molecular weight excluding hydrogens is 371 g/mol. The maximum absolute atomic E-state index is 12.9. The molecule has 0 aliphatic rings. The number of rotatable bonds is 6. The van der Waals surface area contributed by atoms with Crippen molar-refractivity contribution in [2.24, 2.45) is 0 Å². The number of nitrogens with one attached hydrogen (secondary N) is 1. The Hall–Kier alpha value is -2.55. The van der Waals surface area contributed by atoms with Crippen molar-refractivity contribution in [3.8, 4) is 5.75 Å². The van der Waals surface area contributed by atoms with E-state index in [0.717, 1.165) is 12.1 Å². The Morgan fingerprint density at radius 1 is 1.08 bits per heavy atom. The lowest BCUT2D eigenvalue weighted by atomic mass is 10.2. The van der Waals surface area contributed by atoms with Gasteiger partial charge in [0.2, 0.25) is 0 Å². The molecule has 2 aromatic rings. The fourth-order valence-electron chi connectivity index (χ4n) is 2.08. The van der Waals surface area contributed by atoms with E-state index in [0.29, 0.717) is 5.69 Å². The maximum Gasteiger partial charge on any atom is 0.419 e. The van der Waals surface area contributed by atoms with Gasteiger partial charge in [0, 0.05) is 5.69 Å². The lowest BCUT2D eigenvalue weighted by Crippen LogP contribution is -2.21. The molecule has 5 nitrogen and oxygen atoms in total. The van der Waals surface area contributed by atoms with Crippen LogP contribution in [-0.2, 0) is 20.8 Å². The number of amides is 1. The predicted molar refractivity (Wildman–Crippen MR) is 89.7 cm³/mol. The Morgan fingerprint density at radius 3 is 2.27 bits per heavy atom. The molecule has 2 aromatic carbocycles. The van der Waals surface area contributed by atoms with E-state index in [2.05, 4.69) is 5.32 Å². The van der Waals surface area contributed by atoms with Gasteiger partial charge in [0.25, 0.3) is 5.91 Å². The second-order valence-electron chi connectivity index (χ2n) is 5.26. The molecule has 0 saturated heterocycles. The highest BCUT2D eigenvalue weighted by Gasteiger charge is 2.34. The number of benzene rings is 2. The Bertz CT molecular complexity index is 878. The fourth-order valence-corrected chi connectivity index (χ4v) is 2.96. The van der Waals surface area contributed by atoms with Gasteiger partial charge >= 0.3 is 6.18 Å². The number of carbonyl (C=O) groups is 1. The maximum atomic E-state index is 12.9. The van der Waals surface area contributed by atoms with Crippen LogP contribution < -0.4 is 10.1 Å². The van der Waals surface area contributed by atoms with Crippen LogP contribution in [0.5, 0.6) is 5.75 Å². The van der Waals surface area contributed by atoms with E-state index in [9.17, 15) is 26.4 Å². The standard InChI is InChI=1S/C17H16F3NO4S/c1-2-26(23,24)13-9-7-12(8-10-13)21-16(22)11-25-15-6-4-3-5-14(15)17(18,19)20/h3-10H,2,11H2,1H3,(H,21,22). The van der Waals surface area contributed by atoms with Gasteiger partial charge < -0.3 is 10.1 Å². The van der Waals surface area contributed by atoms with Crippen LogP contribution in [0.2, 0.25) is 0 Å². The molecular formula is C17H16F3NO4S. The van der Waals surface area contributed by atoms with Crippen LogP contribution in [0.3, 0.4) is 0 Å². The minimum absolute atomic E-state index is 0.0504. The molecule has 0 aliphatic heterocycles. The zero-order valence-corrected chi connectivity index (χ0v) is 14.5. The Balaban J connectivity index is 2.00. The topological polar surface area (TPSA) is 72.5 Å². The summed E-state index contributed by atoms with van der Waals surface area (Å²) in [5.41, 5.74) is -0.667. The number of para-hydroxylation sites is 1. The van der Waals surface area contributed by atoms with Crippen molar-refractivity contribution < 1.29 is 31.1 Å². The van der Waals surface area contributed by atoms with Crippen LogP contribution >= 0.6 is 0 Å². The first-order valence-electron chi connectivity index (χ1n) is 7.55. The number of anilines is 1. The van der Waals surface area contributed by atoms with Crippen LogP contribution in [0.25, 0.3) is 0 Å². The monoisotopic (exact) mass is 387 g/mol. The van der Waals surface area contributed by atoms with Gasteiger partial charge in [-0.25, -0.2) is 8.42 Å². The van der Waals surface area contributed by atoms with Crippen LogP contribution in [-0.4, -0.2) is 26.7 Å². The number of halogens is 3. The van der Waals surface area contributed by atoms with Crippen LogP contribution in [0, 0.1) is 0 Å². The molecule has 0 saturated carbocycles. The molecule has 0 atom stereocenters. The molecule has 140 valence electrons. The van der Waals surface area contributed by atoms with Crippen molar-refractivity contribution in [2.75, 3.05) is 17.7 Å². The van der Waals surface area contributed by atoms with Crippen molar-refractivity contribution in [1.29, 1.82) is 0 Å². The second kappa shape index (κ2) is 7.77. The van der Waals surface area contributed by atoms with Gasteiger partial charge in [-0.1, -0.05) is 19.1 Å². The summed E-state index contributed by atoms with van der Waals surface area (Å²) in [5.74, 6) is -1.17. The number of carbonyl (C=O) groups excluding carboxylic acids is 1. The average molecular weight is 387 g/mol. The first-order chi connectivity index (χ1) is 12.1. The molecule has 0 radical (unpaired) electrons. The van der Waals surface area contributed by atoms with Gasteiger partial charge in [-0.15, -0.1) is 0 Å². The van der Waals surface area contributed by atoms with Crippen molar-refractivity contribution in [2.45, 2.75) is 18.0 Å². The molecule has 26 heavy (non-hydrogen) atoms. The number of sulfone groups is 1. The van der Waals surface area contributed by atoms with Crippen molar-refractivity contribution >= 4 is 21.4 Å². The van der Waals surface area contributed by atoms with Crippen molar-refractivity contribution in [3.05, 3.63) is 54.1 Å². The SMILES string of the molecule is CCS(=O)(=O)c1ccc(NC(=O)COc2ccccc2C(F)(F)F)cc1. The average Bonchev–Trinajstić information content (AvgIpc) is 2.60. The van der Waals surface area contributed by atoms with E-state index in [1.807, 2.05) is 0 Å². The molecule has 0 unspecified atom stereocenters. The Labute approximate surface area is 148 Å². The zero-order valence-electron chi connectivity index (χ0n) is 13.7. The molecule has 2 rings (SSSR count). The third-order valence-corrected chi connectivity index (χ3v) is 5.18. The summed E-state index contributed by atoms with van der Waals surface area (Å²) < 4.78 is 66.9. The van der Waals surface area contributed by atoms with Crippen LogP contribution in [0.1, 0.15) is 12.5 Å². The highest BCUT2D eigenvalue weighted by Crippen LogP contribution is 2.35. The summed E-state index contributed by atoms with van der Waals surface area (Å²) in [6.07, 6.45) is -4.59. The Morgan fingerprint density at radius 2 is 1.69 bits per heavy atom. The van der Waals surface area contributed by atoms with E-state index in [-0.39, 0.29) is 10.6 Å². The van der Waals surface area contributed by atoms with Gasteiger partial charge in [-0.2, -0.15) is 13.2 Å². The van der Waals surface area contributed by atoms with Crippen LogP contribution in [0.15, 0.2) is 53.4 Å². The summed E-state index contributed by atoms with van der Waals surface area (Å²) in [5, 5.41) is 2.43. The third-order valence-electron chi connectivity index (χ3n) is 3.43. The molecule has 0 heterocycles. The first kappa shape index (κ1) is 19.8. The third kappa shape index (κ3) is 4.98. The summed E-state index contributed by atoms with van der Waals surface area (Å²) in [6, 6.07) is 10.0. The quantitative estimate of drug-likeness (QED) is 0.823. The van der Waals surface area contributed by atoms with Gasteiger partial charge in [-0.05, 0) is 36.4 Å². The predicted octanol–water partition coefficient (Wildman–Crippen LogP) is 3.52. The van der Waals surface area contributed by atoms with Crippen molar-refractivity contribution in [3.63, 3.8) is 0 Å². The van der Waals surface area contributed by atoms with E-state index in [4.69, 9.17) is 4.74 Å². The minimum Gasteiger partial charge on any atom is -0.483 e. The summed E-state index contributed by atoms with van der Waals surface area (Å²) in [7, 11) is -3.35. The number of hydrogen-bond acceptors (Lipinski definition) is 4. The molecule has 0 aromatic heterocycles. The molecule has 1 N–H and O–H groups in total. The minimum atomic E-state index is -4.59. The largest absolute Gasteiger partial charge is 0.483 e. The molecule has 0 fully saturated rings. The Kier molecular flexibility index (Phi) is 5.91. The van der Waals surface area contributed by atoms with E-state index < -0.39 is 39.8 Å². The lowest BCUT2D eigenvalue weighted by molar-refractivity contribution is -0.139. The van der Waals surface area contributed by atoms with E-state index in [1.165, 1.54) is 43.3 Å². The molecule has 9 heteroatoms. The summed E-state index contributed by atoms with van der Waals surface area (Å²) >= 11 is 0. The van der Waals surface area contributed by atoms with Crippen LogP contribution in [0.4, 0.5) is 18.9 Å².